The second-order valence-corrected chi connectivity index (χ2v) is 5.08. The first-order valence-electron chi connectivity index (χ1n) is 5.54. The molecule has 0 amide bonds. The van der Waals surface area contributed by atoms with Crippen LogP contribution in [0.1, 0.15) is 30.5 Å². The predicted octanol–water partition coefficient (Wildman–Crippen LogP) is 2.92. The first-order chi connectivity index (χ1) is 7.04. The van der Waals surface area contributed by atoms with Gasteiger partial charge in [0.2, 0.25) is 0 Å². The first-order valence-corrected chi connectivity index (χ1v) is 5.54. The van der Waals surface area contributed by atoms with Gasteiger partial charge in [-0.25, -0.2) is 0 Å². The van der Waals surface area contributed by atoms with Gasteiger partial charge in [0.05, 0.1) is 0 Å². The second-order valence-electron chi connectivity index (χ2n) is 5.08. The molecule has 0 unspecified atom stereocenters. The number of aryl methyl sites for hydroxylation is 1. The molecule has 1 heteroatoms. The number of nitrogens with two attached hydrogens (primary N) is 1. The van der Waals surface area contributed by atoms with Gasteiger partial charge in [0.25, 0.3) is 0 Å². The van der Waals surface area contributed by atoms with Gasteiger partial charge >= 0.3 is 0 Å². The minimum absolute atomic E-state index is 0.130. The van der Waals surface area contributed by atoms with Crippen LogP contribution in [0.3, 0.4) is 0 Å². The number of hydrogen-bond donors (Lipinski definition) is 1. The Morgan fingerprint density at radius 1 is 1.33 bits per heavy atom. The highest BCUT2D eigenvalue weighted by molar-refractivity contribution is 5.67. The molecule has 0 aliphatic heterocycles. The van der Waals surface area contributed by atoms with Crippen LogP contribution in [-0.2, 0) is 6.42 Å². The van der Waals surface area contributed by atoms with Gasteiger partial charge in [-0.1, -0.05) is 43.7 Å². The van der Waals surface area contributed by atoms with Crippen LogP contribution in [0, 0.1) is 12.3 Å². The summed E-state index contributed by atoms with van der Waals surface area (Å²) >= 11 is 0. The largest absolute Gasteiger partial charge is 0.330 e. The molecule has 0 heterocycles. The molecule has 0 spiro atoms. The van der Waals surface area contributed by atoms with Crippen molar-refractivity contribution in [1.29, 1.82) is 0 Å². The Labute approximate surface area is 92.0 Å². The fraction of sp³-hybridized carbons (Fsp3) is 0.429. The second kappa shape index (κ2) is 3.49. The Bertz CT molecular complexity index is 413. The van der Waals surface area contributed by atoms with Crippen LogP contribution < -0.4 is 5.73 Å². The van der Waals surface area contributed by atoms with E-state index in [0.717, 1.165) is 6.42 Å². The van der Waals surface area contributed by atoms with Gasteiger partial charge in [0, 0.05) is 6.54 Å². The summed E-state index contributed by atoms with van der Waals surface area (Å²) in [6, 6.07) is 6.53. The van der Waals surface area contributed by atoms with E-state index >= 15 is 0 Å². The van der Waals surface area contributed by atoms with E-state index in [4.69, 9.17) is 5.73 Å². The molecule has 0 fully saturated rings. The molecule has 0 saturated heterocycles. The van der Waals surface area contributed by atoms with Crippen LogP contribution in [0.2, 0.25) is 0 Å². The van der Waals surface area contributed by atoms with Crippen LogP contribution in [0.15, 0.2) is 23.8 Å². The van der Waals surface area contributed by atoms with Gasteiger partial charge in [0.15, 0.2) is 0 Å². The molecule has 1 nitrogen and oxygen atoms in total. The molecular weight excluding hydrogens is 182 g/mol. The van der Waals surface area contributed by atoms with Crippen LogP contribution in [-0.4, -0.2) is 6.54 Å². The third-order valence-corrected chi connectivity index (χ3v) is 3.49. The number of benzene rings is 1. The van der Waals surface area contributed by atoms with E-state index in [9.17, 15) is 0 Å². The quantitative estimate of drug-likeness (QED) is 0.782. The lowest BCUT2D eigenvalue weighted by Gasteiger charge is -2.24. The topological polar surface area (TPSA) is 26.0 Å². The third kappa shape index (κ3) is 1.72. The summed E-state index contributed by atoms with van der Waals surface area (Å²) in [6.07, 6.45) is 3.40. The SMILES string of the molecule is Cc1cccc2c1C=C(C(C)(C)CN)C2. The highest BCUT2D eigenvalue weighted by Gasteiger charge is 2.26. The van der Waals surface area contributed by atoms with Crippen molar-refractivity contribution in [3.05, 3.63) is 40.5 Å². The van der Waals surface area contributed by atoms with Crippen LogP contribution in [0.25, 0.3) is 6.08 Å². The number of fused-ring (bicyclic) bond motifs is 1. The van der Waals surface area contributed by atoms with Crippen molar-refractivity contribution >= 4 is 6.08 Å². The van der Waals surface area contributed by atoms with E-state index in [2.05, 4.69) is 45.0 Å². The molecule has 15 heavy (non-hydrogen) atoms. The Morgan fingerprint density at radius 2 is 2.07 bits per heavy atom. The summed E-state index contributed by atoms with van der Waals surface area (Å²) in [5.74, 6) is 0. The monoisotopic (exact) mass is 201 g/mol. The summed E-state index contributed by atoms with van der Waals surface area (Å²) in [7, 11) is 0. The summed E-state index contributed by atoms with van der Waals surface area (Å²) in [6.45, 7) is 7.33. The molecular formula is C14H19N. The van der Waals surface area contributed by atoms with Gasteiger partial charge in [-0.3, -0.25) is 0 Å². The molecule has 2 rings (SSSR count). The van der Waals surface area contributed by atoms with Gasteiger partial charge in [-0.15, -0.1) is 0 Å². The molecule has 0 atom stereocenters. The van der Waals surface area contributed by atoms with Crippen molar-refractivity contribution in [3.63, 3.8) is 0 Å². The van der Waals surface area contributed by atoms with E-state index in [1.165, 1.54) is 22.3 Å². The van der Waals surface area contributed by atoms with Crippen molar-refractivity contribution in [2.45, 2.75) is 27.2 Å². The van der Waals surface area contributed by atoms with Crippen molar-refractivity contribution in [2.24, 2.45) is 11.1 Å². The highest BCUT2D eigenvalue weighted by Crippen LogP contribution is 2.37. The summed E-state index contributed by atoms with van der Waals surface area (Å²) in [4.78, 5) is 0. The Balaban J connectivity index is 2.40. The predicted molar refractivity (Wildman–Crippen MR) is 65.7 cm³/mol. The molecule has 1 aromatic rings. The van der Waals surface area contributed by atoms with Crippen molar-refractivity contribution in [3.8, 4) is 0 Å². The van der Waals surface area contributed by atoms with E-state index in [0.29, 0.717) is 6.54 Å². The van der Waals surface area contributed by atoms with Gasteiger partial charge in [0.1, 0.15) is 0 Å². The smallest absolute Gasteiger partial charge is 0.00118 e. The molecule has 0 bridgehead atoms. The summed E-state index contributed by atoms with van der Waals surface area (Å²) in [5, 5.41) is 0. The van der Waals surface area contributed by atoms with E-state index in [1.807, 2.05) is 0 Å². The maximum Gasteiger partial charge on any atom is 0.00118 e. The van der Waals surface area contributed by atoms with Crippen molar-refractivity contribution < 1.29 is 0 Å². The zero-order valence-electron chi connectivity index (χ0n) is 9.80. The fourth-order valence-electron chi connectivity index (χ4n) is 2.10. The molecule has 1 aliphatic rings. The standard InChI is InChI=1S/C14H19N/c1-10-5-4-6-11-7-12(8-13(10)11)14(2,3)9-15/h4-6,8H,7,9,15H2,1-3H3. The lowest BCUT2D eigenvalue weighted by molar-refractivity contribution is 0.456. The van der Waals surface area contributed by atoms with Crippen LogP contribution >= 0.6 is 0 Å². The first kappa shape index (κ1) is 10.4. The lowest BCUT2D eigenvalue weighted by atomic mass is 9.83. The Kier molecular flexibility index (Phi) is 2.43. The van der Waals surface area contributed by atoms with Gasteiger partial charge in [-0.2, -0.15) is 0 Å². The number of hydrogen-bond acceptors (Lipinski definition) is 1. The molecule has 0 aromatic heterocycles. The normalized spacial score (nSPS) is 15.1. The molecule has 0 saturated carbocycles. The third-order valence-electron chi connectivity index (χ3n) is 3.49. The van der Waals surface area contributed by atoms with Gasteiger partial charge in [-0.05, 0) is 35.4 Å². The minimum Gasteiger partial charge on any atom is -0.330 e. The maximum absolute atomic E-state index is 5.82. The average Bonchev–Trinajstić information content (AvgIpc) is 2.64. The van der Waals surface area contributed by atoms with E-state index in [-0.39, 0.29) is 5.41 Å². The summed E-state index contributed by atoms with van der Waals surface area (Å²) in [5.41, 5.74) is 11.6. The molecule has 0 radical (unpaired) electrons. The maximum atomic E-state index is 5.82. The molecule has 1 aliphatic carbocycles. The molecule has 1 aromatic carbocycles. The Hall–Kier alpha value is -1.08. The van der Waals surface area contributed by atoms with Crippen LogP contribution in [0.5, 0.6) is 0 Å². The average molecular weight is 201 g/mol. The Morgan fingerprint density at radius 3 is 2.67 bits per heavy atom. The summed E-state index contributed by atoms with van der Waals surface area (Å²) < 4.78 is 0. The van der Waals surface area contributed by atoms with Crippen molar-refractivity contribution in [1.82, 2.24) is 0 Å². The zero-order chi connectivity index (χ0) is 11.1. The minimum atomic E-state index is 0.130. The van der Waals surface area contributed by atoms with Crippen molar-refractivity contribution in [2.75, 3.05) is 6.54 Å². The van der Waals surface area contributed by atoms with E-state index in [1.54, 1.807) is 0 Å². The molecule has 2 N–H and O–H groups in total. The van der Waals surface area contributed by atoms with E-state index < -0.39 is 0 Å². The number of rotatable bonds is 2. The lowest BCUT2D eigenvalue weighted by Crippen LogP contribution is -2.25. The highest BCUT2D eigenvalue weighted by atomic mass is 14.6. The van der Waals surface area contributed by atoms with Gasteiger partial charge < -0.3 is 5.73 Å². The van der Waals surface area contributed by atoms with Crippen LogP contribution in [0.4, 0.5) is 0 Å². The molecule has 80 valence electrons. The fourth-order valence-corrected chi connectivity index (χ4v) is 2.10. The zero-order valence-corrected chi connectivity index (χ0v) is 9.80.